The number of Topliss-reactive ketones (excluding diaryl/α,β-unsaturated/α-hetero) is 1. The van der Waals surface area contributed by atoms with Crippen LogP contribution in [0.5, 0.6) is 0 Å². The summed E-state index contributed by atoms with van der Waals surface area (Å²) < 4.78 is 0. The fourth-order valence-electron chi connectivity index (χ4n) is 10.1. The predicted molar refractivity (Wildman–Crippen MR) is 131 cm³/mol. The van der Waals surface area contributed by atoms with E-state index in [4.69, 9.17) is 0 Å². The molecule has 5 fully saturated rings. The average Bonchev–Trinajstić information content (AvgIpc) is 3.42. The molecule has 0 spiro atoms. The van der Waals surface area contributed by atoms with E-state index in [1.807, 2.05) is 0 Å². The van der Waals surface area contributed by atoms with Gasteiger partial charge in [0.05, 0.1) is 18.8 Å². The number of carbonyl (C=O) groups excluding carboxylic acids is 1. The Bertz CT molecular complexity index is 799. The molecule has 0 heterocycles. The molecule has 5 heteroatoms. The minimum atomic E-state index is -1.58. The van der Waals surface area contributed by atoms with Crippen molar-refractivity contribution in [3.8, 4) is 0 Å². The van der Waals surface area contributed by atoms with E-state index >= 15 is 0 Å². The van der Waals surface area contributed by atoms with Gasteiger partial charge in [0.2, 0.25) is 0 Å². The molecule has 13 atom stereocenters. The lowest BCUT2D eigenvalue weighted by Crippen LogP contribution is -2.63. The zero-order valence-electron chi connectivity index (χ0n) is 21.7. The summed E-state index contributed by atoms with van der Waals surface area (Å²) in [6, 6.07) is 0. The lowest BCUT2D eigenvalue weighted by Gasteiger charge is -2.62. The molecule has 4 N–H and O–H groups in total. The Morgan fingerprint density at radius 3 is 2.47 bits per heavy atom. The normalized spacial score (nSPS) is 51.6. The number of fused-ring (bicyclic) bond motifs is 5. The monoisotopic (exact) mass is 476 g/mol. The number of rotatable bonds is 6. The van der Waals surface area contributed by atoms with Crippen molar-refractivity contribution in [2.24, 2.45) is 58.2 Å². The number of ketones is 1. The summed E-state index contributed by atoms with van der Waals surface area (Å²) in [4.78, 5) is 12.2. The molecule has 0 radical (unpaired) electrons. The molecular formula is C29H48O5. The highest BCUT2D eigenvalue weighted by atomic mass is 16.4. The zero-order valence-corrected chi connectivity index (χ0v) is 21.7. The molecule has 0 amide bonds. The van der Waals surface area contributed by atoms with Crippen molar-refractivity contribution >= 4 is 5.78 Å². The Labute approximate surface area is 205 Å². The molecule has 0 aromatic carbocycles. The number of aliphatic hydroxyl groups excluding tert-OH is 3. The van der Waals surface area contributed by atoms with Crippen LogP contribution in [0.4, 0.5) is 0 Å². The van der Waals surface area contributed by atoms with Gasteiger partial charge in [-0.15, -0.1) is 0 Å². The van der Waals surface area contributed by atoms with Gasteiger partial charge in [0, 0.05) is 24.2 Å². The van der Waals surface area contributed by atoms with Crippen LogP contribution in [0, 0.1) is 58.2 Å². The minimum absolute atomic E-state index is 0.112. The molecule has 5 rings (SSSR count). The Kier molecular flexibility index (Phi) is 6.32. The molecule has 5 aliphatic rings. The van der Waals surface area contributed by atoms with Crippen molar-refractivity contribution in [2.45, 2.75) is 110 Å². The van der Waals surface area contributed by atoms with E-state index in [1.165, 1.54) is 6.42 Å². The highest BCUT2D eigenvalue weighted by Gasteiger charge is 2.67. The smallest absolute Gasteiger partial charge is 0.133 e. The van der Waals surface area contributed by atoms with E-state index in [0.717, 1.165) is 32.1 Å². The van der Waals surface area contributed by atoms with Crippen LogP contribution in [-0.4, -0.2) is 50.6 Å². The third-order valence-electron chi connectivity index (χ3n) is 12.5. The largest absolute Gasteiger partial charge is 0.393 e. The first-order chi connectivity index (χ1) is 16.0. The van der Waals surface area contributed by atoms with Gasteiger partial charge >= 0.3 is 0 Å². The van der Waals surface area contributed by atoms with Gasteiger partial charge in [-0.3, -0.25) is 4.79 Å². The van der Waals surface area contributed by atoms with Gasteiger partial charge in [0.15, 0.2) is 0 Å². The van der Waals surface area contributed by atoms with E-state index < -0.39 is 29.8 Å². The van der Waals surface area contributed by atoms with Crippen LogP contribution in [0.25, 0.3) is 0 Å². The Morgan fingerprint density at radius 1 is 1.12 bits per heavy atom. The maximum atomic E-state index is 12.2. The van der Waals surface area contributed by atoms with Crippen molar-refractivity contribution in [3.63, 3.8) is 0 Å². The van der Waals surface area contributed by atoms with E-state index in [-0.39, 0.29) is 17.3 Å². The van der Waals surface area contributed by atoms with Gasteiger partial charge in [0.25, 0.3) is 0 Å². The molecule has 5 nitrogen and oxygen atoms in total. The predicted octanol–water partition coefficient (Wildman–Crippen LogP) is 3.95. The van der Waals surface area contributed by atoms with Crippen LogP contribution in [0.2, 0.25) is 0 Å². The molecule has 194 valence electrons. The summed E-state index contributed by atoms with van der Waals surface area (Å²) in [5, 5.41) is 45.3. The van der Waals surface area contributed by atoms with Crippen molar-refractivity contribution in [1.29, 1.82) is 0 Å². The molecule has 0 saturated heterocycles. The van der Waals surface area contributed by atoms with Gasteiger partial charge in [-0.1, -0.05) is 27.7 Å². The van der Waals surface area contributed by atoms with Gasteiger partial charge in [0.1, 0.15) is 11.4 Å². The first-order valence-corrected chi connectivity index (χ1v) is 14.2. The number of aliphatic hydroxyl groups is 4. The number of carbonyl (C=O) groups is 1. The minimum Gasteiger partial charge on any atom is -0.393 e. The second-order valence-corrected chi connectivity index (χ2v) is 13.9. The highest BCUT2D eigenvalue weighted by molar-refractivity contribution is 5.79. The summed E-state index contributed by atoms with van der Waals surface area (Å²) in [5.41, 5.74) is -1.98. The number of hydrogen-bond donors (Lipinski definition) is 4. The van der Waals surface area contributed by atoms with Gasteiger partial charge in [-0.2, -0.15) is 0 Å². The molecule has 34 heavy (non-hydrogen) atoms. The fourth-order valence-corrected chi connectivity index (χ4v) is 10.1. The molecule has 0 bridgehead atoms. The second kappa shape index (κ2) is 8.53. The maximum Gasteiger partial charge on any atom is 0.133 e. The van der Waals surface area contributed by atoms with E-state index in [1.54, 1.807) is 0 Å². The summed E-state index contributed by atoms with van der Waals surface area (Å²) in [6.45, 7) is 8.44. The topological polar surface area (TPSA) is 98.0 Å². The molecular weight excluding hydrogens is 428 g/mol. The lowest BCUT2D eigenvalue weighted by atomic mass is 9.43. The van der Waals surface area contributed by atoms with E-state index in [9.17, 15) is 25.2 Å². The molecule has 0 aliphatic heterocycles. The van der Waals surface area contributed by atoms with Crippen LogP contribution < -0.4 is 0 Å². The first-order valence-electron chi connectivity index (χ1n) is 14.2. The van der Waals surface area contributed by atoms with Crippen LogP contribution >= 0.6 is 0 Å². The van der Waals surface area contributed by atoms with Gasteiger partial charge < -0.3 is 20.4 Å². The Hall–Kier alpha value is -0.490. The SMILES string of the molecule is CC1CC1C(C)CC(O)C(O)(CO)C1CCC2C3CCC4CC(=O)CCC4(C)C3CC(O)C21C. The third kappa shape index (κ3) is 3.58. The van der Waals surface area contributed by atoms with E-state index in [2.05, 4.69) is 27.7 Å². The average molecular weight is 477 g/mol. The third-order valence-corrected chi connectivity index (χ3v) is 12.5. The van der Waals surface area contributed by atoms with E-state index in [0.29, 0.717) is 67.0 Å². The Balaban J connectivity index is 1.39. The highest BCUT2D eigenvalue weighted by Crippen LogP contribution is 2.68. The van der Waals surface area contributed by atoms with Gasteiger partial charge in [-0.05, 0) is 98.2 Å². The molecule has 13 unspecified atom stereocenters. The van der Waals surface area contributed by atoms with Crippen LogP contribution in [0.3, 0.4) is 0 Å². The molecule has 0 aromatic heterocycles. The van der Waals surface area contributed by atoms with Crippen molar-refractivity contribution in [3.05, 3.63) is 0 Å². The zero-order chi connectivity index (χ0) is 24.6. The van der Waals surface area contributed by atoms with Crippen LogP contribution in [-0.2, 0) is 4.79 Å². The molecule has 5 aliphatic carbocycles. The fraction of sp³-hybridized carbons (Fsp3) is 0.966. The van der Waals surface area contributed by atoms with Crippen molar-refractivity contribution < 1.29 is 25.2 Å². The summed E-state index contributed by atoms with van der Waals surface area (Å²) in [5.74, 6) is 3.30. The van der Waals surface area contributed by atoms with Crippen LogP contribution in [0.15, 0.2) is 0 Å². The first kappa shape index (κ1) is 25.2. The summed E-state index contributed by atoms with van der Waals surface area (Å²) in [6.07, 6.45) is 7.01. The molecule has 5 saturated carbocycles. The quantitative estimate of drug-likeness (QED) is 0.465. The van der Waals surface area contributed by atoms with Crippen molar-refractivity contribution in [1.82, 2.24) is 0 Å². The summed E-state index contributed by atoms with van der Waals surface area (Å²) >= 11 is 0. The lowest BCUT2D eigenvalue weighted by molar-refractivity contribution is -0.216. The van der Waals surface area contributed by atoms with Crippen LogP contribution in [0.1, 0.15) is 91.9 Å². The maximum absolute atomic E-state index is 12.2. The molecule has 0 aromatic rings. The van der Waals surface area contributed by atoms with Gasteiger partial charge in [-0.25, -0.2) is 0 Å². The standard InChI is InChI=1S/C29H48O5/c1-16-11-21(16)17(2)12-26(33)29(34,15-30)24-8-7-22-20-6-5-18-13-19(31)9-10-27(18,3)23(20)14-25(32)28(22,24)4/h16-18,20-26,30,32-34H,5-15H2,1-4H3. The second-order valence-electron chi connectivity index (χ2n) is 13.9. The van der Waals surface area contributed by atoms with Crippen molar-refractivity contribution in [2.75, 3.05) is 6.61 Å². The summed E-state index contributed by atoms with van der Waals surface area (Å²) in [7, 11) is 0. The number of hydrogen-bond acceptors (Lipinski definition) is 5. The Morgan fingerprint density at radius 2 is 1.82 bits per heavy atom.